The maximum absolute atomic E-state index is 11.4. The number of carboxylic acid groups (broad SMARTS) is 1. The molecule has 0 saturated carbocycles. The van der Waals surface area contributed by atoms with Gasteiger partial charge in [0.25, 0.3) is 11.4 Å². The highest BCUT2D eigenvalue weighted by Crippen LogP contribution is 2.24. The molecule has 0 unspecified atom stereocenters. The highest BCUT2D eigenvalue weighted by Gasteiger charge is 2.07. The number of non-ortho nitro benzene ring substituents is 2. The van der Waals surface area contributed by atoms with Crippen LogP contribution in [0, 0.1) is 20.2 Å². The Labute approximate surface area is 175 Å². The van der Waals surface area contributed by atoms with Crippen LogP contribution in [0.2, 0.25) is 0 Å². The molecule has 10 nitrogen and oxygen atoms in total. The van der Waals surface area contributed by atoms with Gasteiger partial charge in [0.15, 0.2) is 0 Å². The van der Waals surface area contributed by atoms with E-state index in [1.54, 1.807) is 6.07 Å². The van der Waals surface area contributed by atoms with Gasteiger partial charge in [-0.1, -0.05) is 0 Å². The van der Waals surface area contributed by atoms with Crippen LogP contribution in [0.3, 0.4) is 0 Å². The van der Waals surface area contributed by atoms with E-state index in [9.17, 15) is 30.1 Å². The molecule has 0 fully saturated rings. The van der Waals surface area contributed by atoms with E-state index < -0.39 is 15.8 Å². The minimum Gasteiger partial charge on any atom is -0.478 e. The number of nitrogens with zero attached hydrogens (tertiary/aromatic N) is 4. The van der Waals surface area contributed by atoms with E-state index in [0.29, 0.717) is 22.5 Å². The first kappa shape index (κ1) is 21.0. The van der Waals surface area contributed by atoms with Crippen molar-refractivity contribution in [3.8, 4) is 0 Å². The lowest BCUT2D eigenvalue weighted by molar-refractivity contribution is -0.385. The summed E-state index contributed by atoms with van der Waals surface area (Å²) in [5, 5.41) is 30.8. The quantitative estimate of drug-likeness (QED) is 0.334. The maximum Gasteiger partial charge on any atom is 0.335 e. The molecule has 1 N–H and O–H groups in total. The summed E-state index contributed by atoms with van der Waals surface area (Å²) in [6.45, 7) is 0. The Morgan fingerprint density at radius 2 is 1.13 bits per heavy atom. The molecular formula is C21H14N4O6. The van der Waals surface area contributed by atoms with Gasteiger partial charge in [0.05, 0.1) is 26.8 Å². The van der Waals surface area contributed by atoms with Gasteiger partial charge in [-0.25, -0.2) is 4.79 Å². The summed E-state index contributed by atoms with van der Waals surface area (Å²) in [5.41, 5.74) is 1.74. The third kappa shape index (κ3) is 5.64. The summed E-state index contributed by atoms with van der Waals surface area (Å²) in [6.07, 6.45) is 2.91. The number of benzene rings is 3. The van der Waals surface area contributed by atoms with E-state index in [0.717, 1.165) is 0 Å². The van der Waals surface area contributed by atoms with Crippen LogP contribution in [0.15, 0.2) is 76.7 Å². The van der Waals surface area contributed by atoms with Gasteiger partial charge in [-0.05, 0) is 53.6 Å². The summed E-state index contributed by atoms with van der Waals surface area (Å²) in [6, 6.07) is 15.8. The number of carboxylic acids is 1. The van der Waals surface area contributed by atoms with Crippen molar-refractivity contribution in [3.63, 3.8) is 0 Å². The Morgan fingerprint density at radius 3 is 1.45 bits per heavy atom. The Balaban J connectivity index is 1.85. The summed E-state index contributed by atoms with van der Waals surface area (Å²) in [5.74, 6) is -1.15. The first-order chi connectivity index (χ1) is 14.8. The van der Waals surface area contributed by atoms with E-state index >= 15 is 0 Å². The lowest BCUT2D eigenvalue weighted by atomic mass is 10.1. The Bertz CT molecular complexity index is 1120. The average Bonchev–Trinajstić information content (AvgIpc) is 2.76. The Kier molecular flexibility index (Phi) is 6.21. The minimum absolute atomic E-state index is 0.0193. The standard InChI is InChI=1S/C21H14N4O6/c26-21(27)16-9-17(22-12-14-1-5-19(6-2-14)24(28)29)11-18(10-16)23-13-15-3-7-20(8-4-15)25(30)31/h1-13H,(H,26,27). The first-order valence-corrected chi connectivity index (χ1v) is 8.77. The van der Waals surface area contributed by atoms with Gasteiger partial charge in [0.1, 0.15) is 0 Å². The molecule has 0 radical (unpaired) electrons. The number of nitro groups is 2. The molecule has 3 aromatic carbocycles. The van der Waals surface area contributed by atoms with Crippen molar-refractivity contribution in [2.75, 3.05) is 0 Å². The van der Waals surface area contributed by atoms with Crippen molar-refractivity contribution in [3.05, 3.63) is 104 Å². The van der Waals surface area contributed by atoms with Crippen LogP contribution in [0.25, 0.3) is 0 Å². The van der Waals surface area contributed by atoms with Crippen molar-refractivity contribution in [1.82, 2.24) is 0 Å². The van der Waals surface area contributed by atoms with Crippen molar-refractivity contribution < 1.29 is 19.7 Å². The summed E-state index contributed by atoms with van der Waals surface area (Å²) < 4.78 is 0. The van der Waals surface area contributed by atoms with Crippen LogP contribution in [-0.4, -0.2) is 33.4 Å². The molecule has 10 heteroatoms. The van der Waals surface area contributed by atoms with Crippen molar-refractivity contribution in [2.24, 2.45) is 9.98 Å². The normalized spacial score (nSPS) is 11.1. The first-order valence-electron chi connectivity index (χ1n) is 8.77. The van der Waals surface area contributed by atoms with Gasteiger partial charge in [0.2, 0.25) is 0 Å². The number of hydrogen-bond donors (Lipinski definition) is 1. The van der Waals surface area contributed by atoms with E-state index in [2.05, 4.69) is 9.98 Å². The lowest BCUT2D eigenvalue weighted by Crippen LogP contribution is -1.95. The Morgan fingerprint density at radius 1 is 0.742 bits per heavy atom. The molecule has 0 bridgehead atoms. The summed E-state index contributed by atoms with van der Waals surface area (Å²) >= 11 is 0. The summed E-state index contributed by atoms with van der Waals surface area (Å²) in [7, 11) is 0. The van der Waals surface area contributed by atoms with Crippen LogP contribution in [-0.2, 0) is 0 Å². The van der Waals surface area contributed by atoms with Gasteiger partial charge >= 0.3 is 5.97 Å². The fraction of sp³-hybridized carbons (Fsp3) is 0. The van der Waals surface area contributed by atoms with E-state index in [-0.39, 0.29) is 16.9 Å². The molecule has 154 valence electrons. The monoisotopic (exact) mass is 418 g/mol. The molecule has 0 atom stereocenters. The number of nitro benzene ring substituents is 2. The number of aromatic carboxylic acids is 1. The van der Waals surface area contributed by atoms with E-state index in [1.165, 1.54) is 73.1 Å². The third-order valence-electron chi connectivity index (χ3n) is 4.08. The molecule has 0 saturated heterocycles. The molecule has 0 spiro atoms. The number of hydrogen-bond acceptors (Lipinski definition) is 7. The smallest absolute Gasteiger partial charge is 0.335 e. The zero-order chi connectivity index (χ0) is 22.4. The molecule has 0 amide bonds. The van der Waals surface area contributed by atoms with Crippen LogP contribution >= 0.6 is 0 Å². The fourth-order valence-electron chi connectivity index (χ4n) is 2.53. The minimum atomic E-state index is -1.15. The maximum atomic E-state index is 11.4. The molecule has 0 aromatic heterocycles. The number of aliphatic imine (C=N–C) groups is 2. The largest absolute Gasteiger partial charge is 0.478 e. The van der Waals surface area contributed by atoms with Gasteiger partial charge in [-0.15, -0.1) is 0 Å². The average molecular weight is 418 g/mol. The van der Waals surface area contributed by atoms with Gasteiger partial charge < -0.3 is 5.11 Å². The second kappa shape index (κ2) is 9.18. The van der Waals surface area contributed by atoms with E-state index in [4.69, 9.17) is 0 Å². The number of carbonyl (C=O) groups is 1. The predicted molar refractivity (Wildman–Crippen MR) is 114 cm³/mol. The zero-order valence-corrected chi connectivity index (χ0v) is 15.8. The van der Waals surface area contributed by atoms with Crippen molar-refractivity contribution in [2.45, 2.75) is 0 Å². The van der Waals surface area contributed by atoms with Gasteiger partial charge in [-0.2, -0.15) is 0 Å². The highest BCUT2D eigenvalue weighted by atomic mass is 16.6. The van der Waals surface area contributed by atoms with Crippen molar-refractivity contribution in [1.29, 1.82) is 0 Å². The molecular weight excluding hydrogens is 404 g/mol. The molecule has 3 aromatic rings. The fourth-order valence-corrected chi connectivity index (χ4v) is 2.53. The SMILES string of the molecule is O=C(O)c1cc(N=Cc2ccc([N+](=O)[O-])cc2)cc(N=Cc2ccc([N+](=O)[O-])cc2)c1. The Hall–Kier alpha value is -4.73. The van der Waals surface area contributed by atoms with Crippen LogP contribution in [0.1, 0.15) is 21.5 Å². The molecule has 0 aliphatic heterocycles. The molecule has 0 aliphatic rings. The number of rotatable bonds is 7. The second-order valence-corrected chi connectivity index (χ2v) is 6.26. The molecule has 31 heavy (non-hydrogen) atoms. The van der Waals surface area contributed by atoms with Gasteiger partial charge in [0, 0.05) is 36.7 Å². The van der Waals surface area contributed by atoms with Crippen molar-refractivity contribution >= 4 is 41.1 Å². The highest BCUT2D eigenvalue weighted by molar-refractivity contribution is 5.92. The molecule has 3 rings (SSSR count). The lowest BCUT2D eigenvalue weighted by Gasteiger charge is -2.02. The van der Waals surface area contributed by atoms with Crippen LogP contribution in [0.5, 0.6) is 0 Å². The predicted octanol–water partition coefficient (Wildman–Crippen LogP) is 4.70. The molecule has 0 aliphatic carbocycles. The molecule has 0 heterocycles. The summed E-state index contributed by atoms with van der Waals surface area (Å²) in [4.78, 5) is 40.3. The van der Waals surface area contributed by atoms with Crippen LogP contribution in [0.4, 0.5) is 22.7 Å². The second-order valence-electron chi connectivity index (χ2n) is 6.26. The third-order valence-corrected chi connectivity index (χ3v) is 4.08. The van der Waals surface area contributed by atoms with Crippen LogP contribution < -0.4 is 0 Å². The topological polar surface area (TPSA) is 148 Å². The van der Waals surface area contributed by atoms with Gasteiger partial charge in [-0.3, -0.25) is 30.2 Å². The zero-order valence-electron chi connectivity index (χ0n) is 15.8. The van der Waals surface area contributed by atoms with E-state index in [1.807, 2.05) is 0 Å².